The van der Waals surface area contributed by atoms with E-state index in [1.807, 2.05) is 42.5 Å². The Morgan fingerprint density at radius 2 is 1.71 bits per heavy atom. The van der Waals surface area contributed by atoms with Crippen molar-refractivity contribution in [2.24, 2.45) is 0 Å². The number of benzene rings is 2. The second kappa shape index (κ2) is 6.76. The lowest BCUT2D eigenvalue weighted by atomic mass is 10.2. The van der Waals surface area contributed by atoms with E-state index in [9.17, 15) is 9.59 Å². The zero-order valence-corrected chi connectivity index (χ0v) is 16.6. The molecule has 5 rings (SSSR count). The van der Waals surface area contributed by atoms with E-state index in [1.165, 1.54) is 9.44 Å². The smallest absolute Gasteiger partial charge is 0.280 e. The number of nitrogens with zero attached hydrogens (tertiary/aromatic N) is 2. The van der Waals surface area contributed by atoms with Crippen LogP contribution in [0.15, 0.2) is 64.2 Å². The number of halogens is 1. The molecule has 0 radical (unpaired) electrons. The summed E-state index contributed by atoms with van der Waals surface area (Å²) in [5.41, 5.74) is 2.18. The van der Waals surface area contributed by atoms with Gasteiger partial charge in [0.2, 0.25) is 0 Å². The van der Waals surface area contributed by atoms with Crippen LogP contribution in [-0.4, -0.2) is 9.13 Å². The van der Waals surface area contributed by atoms with Gasteiger partial charge in [-0.25, -0.2) is 9.36 Å². The fraction of sp³-hybridized carbons (Fsp3) is 0.182. The molecule has 0 spiro atoms. The van der Waals surface area contributed by atoms with Gasteiger partial charge in [-0.05, 0) is 54.7 Å². The van der Waals surface area contributed by atoms with Crippen LogP contribution in [-0.2, 0) is 19.4 Å². The maximum atomic E-state index is 13.4. The third kappa shape index (κ3) is 2.74. The summed E-state index contributed by atoms with van der Waals surface area (Å²) in [6.45, 7) is 0.402. The van der Waals surface area contributed by atoms with Crippen LogP contribution in [0, 0.1) is 0 Å². The minimum Gasteiger partial charge on any atom is -0.280 e. The van der Waals surface area contributed by atoms with E-state index < -0.39 is 0 Å². The van der Waals surface area contributed by atoms with E-state index in [0.717, 1.165) is 35.2 Å². The Balaban J connectivity index is 1.82. The maximum Gasteiger partial charge on any atom is 0.337 e. The first-order valence-electron chi connectivity index (χ1n) is 9.23. The lowest BCUT2D eigenvalue weighted by molar-refractivity contribution is 0.718. The molecule has 0 saturated heterocycles. The van der Waals surface area contributed by atoms with Crippen molar-refractivity contribution in [2.75, 3.05) is 0 Å². The van der Waals surface area contributed by atoms with Gasteiger partial charge >= 0.3 is 5.69 Å². The molecule has 0 fully saturated rings. The molecule has 0 bridgehead atoms. The molecule has 1 aliphatic carbocycles. The van der Waals surface area contributed by atoms with Crippen LogP contribution in [0.5, 0.6) is 0 Å². The summed E-state index contributed by atoms with van der Waals surface area (Å²) >= 11 is 7.60. The highest BCUT2D eigenvalue weighted by molar-refractivity contribution is 7.18. The van der Waals surface area contributed by atoms with Gasteiger partial charge in [0.1, 0.15) is 4.83 Å². The van der Waals surface area contributed by atoms with Crippen LogP contribution in [0.1, 0.15) is 22.4 Å². The quantitative estimate of drug-likeness (QED) is 0.504. The van der Waals surface area contributed by atoms with Gasteiger partial charge in [-0.1, -0.05) is 41.9 Å². The Bertz CT molecular complexity index is 1300. The SMILES string of the molecule is O=c1c2c3c(sc2n(Cc2ccc(Cl)cc2)c(=O)n1-c1ccccc1)CCC3. The normalized spacial score (nSPS) is 13.2. The predicted molar refractivity (Wildman–Crippen MR) is 114 cm³/mol. The molecule has 4 aromatic rings. The van der Waals surface area contributed by atoms with Gasteiger partial charge in [0, 0.05) is 9.90 Å². The van der Waals surface area contributed by atoms with Crippen molar-refractivity contribution in [1.29, 1.82) is 0 Å². The summed E-state index contributed by atoms with van der Waals surface area (Å²) in [5.74, 6) is 0. The minimum absolute atomic E-state index is 0.210. The average molecular weight is 409 g/mol. The number of aryl methyl sites for hydroxylation is 2. The maximum absolute atomic E-state index is 13.4. The van der Waals surface area contributed by atoms with Crippen LogP contribution in [0.2, 0.25) is 5.02 Å². The number of para-hydroxylation sites is 1. The minimum atomic E-state index is -0.307. The number of aromatic nitrogens is 2. The molecule has 0 saturated carbocycles. The lowest BCUT2D eigenvalue weighted by Gasteiger charge is -2.13. The molecule has 0 N–H and O–H groups in total. The third-order valence-corrected chi connectivity index (χ3v) is 6.82. The Morgan fingerprint density at radius 3 is 2.46 bits per heavy atom. The highest BCUT2D eigenvalue weighted by atomic mass is 35.5. The molecule has 0 amide bonds. The number of hydrogen-bond donors (Lipinski definition) is 0. The summed E-state index contributed by atoms with van der Waals surface area (Å²) in [6, 6.07) is 16.6. The Kier molecular flexibility index (Phi) is 4.22. The first-order chi connectivity index (χ1) is 13.6. The predicted octanol–water partition coefficient (Wildman–Crippen LogP) is 4.40. The molecule has 1 aliphatic rings. The molecular formula is C22H17ClN2O2S. The number of rotatable bonds is 3. The first kappa shape index (κ1) is 17.5. The molecule has 6 heteroatoms. The summed E-state index contributed by atoms with van der Waals surface area (Å²) in [6.07, 6.45) is 2.95. The van der Waals surface area contributed by atoms with Crippen molar-refractivity contribution in [1.82, 2.24) is 9.13 Å². The van der Waals surface area contributed by atoms with Gasteiger partial charge < -0.3 is 0 Å². The van der Waals surface area contributed by atoms with Gasteiger partial charge in [0.15, 0.2) is 0 Å². The van der Waals surface area contributed by atoms with Crippen molar-refractivity contribution in [2.45, 2.75) is 25.8 Å². The fourth-order valence-electron chi connectivity index (χ4n) is 3.92. The van der Waals surface area contributed by atoms with E-state index in [2.05, 4.69) is 0 Å². The summed E-state index contributed by atoms with van der Waals surface area (Å²) < 4.78 is 3.04. The molecule has 2 heterocycles. The zero-order chi connectivity index (χ0) is 19.3. The van der Waals surface area contributed by atoms with E-state index in [1.54, 1.807) is 28.0 Å². The first-order valence-corrected chi connectivity index (χ1v) is 10.4. The van der Waals surface area contributed by atoms with Crippen LogP contribution in [0.4, 0.5) is 0 Å². The standard InChI is InChI=1S/C22H17ClN2O2S/c23-15-11-9-14(10-12-15)13-24-21-19(17-7-4-8-18(17)28-21)20(26)25(22(24)27)16-5-2-1-3-6-16/h1-3,5-6,9-12H,4,7-8,13H2. The van der Waals surface area contributed by atoms with Gasteiger partial charge in [-0.3, -0.25) is 9.36 Å². The molecule has 28 heavy (non-hydrogen) atoms. The molecule has 0 aliphatic heterocycles. The van der Waals surface area contributed by atoms with Crippen molar-refractivity contribution in [3.63, 3.8) is 0 Å². The average Bonchev–Trinajstić information content (AvgIpc) is 3.29. The number of thiophene rings is 1. The van der Waals surface area contributed by atoms with Crippen molar-refractivity contribution in [3.8, 4) is 5.69 Å². The molecule has 4 nitrogen and oxygen atoms in total. The number of fused-ring (bicyclic) bond motifs is 3. The van der Waals surface area contributed by atoms with E-state index >= 15 is 0 Å². The molecule has 0 unspecified atom stereocenters. The summed E-state index contributed by atoms with van der Waals surface area (Å²) in [5, 5.41) is 1.36. The lowest BCUT2D eigenvalue weighted by Crippen LogP contribution is -2.39. The Morgan fingerprint density at radius 1 is 0.964 bits per heavy atom. The van der Waals surface area contributed by atoms with Crippen LogP contribution < -0.4 is 11.2 Å². The van der Waals surface area contributed by atoms with Crippen LogP contribution in [0.25, 0.3) is 15.9 Å². The van der Waals surface area contributed by atoms with Gasteiger partial charge in [-0.15, -0.1) is 11.3 Å². The monoisotopic (exact) mass is 408 g/mol. The third-order valence-electron chi connectivity index (χ3n) is 5.26. The molecular weight excluding hydrogens is 392 g/mol. The van der Waals surface area contributed by atoms with E-state index in [-0.39, 0.29) is 11.2 Å². The van der Waals surface area contributed by atoms with Crippen molar-refractivity contribution < 1.29 is 0 Å². The van der Waals surface area contributed by atoms with Gasteiger partial charge in [0.05, 0.1) is 17.6 Å². The summed E-state index contributed by atoms with van der Waals surface area (Å²) in [4.78, 5) is 28.8. The van der Waals surface area contributed by atoms with Crippen LogP contribution >= 0.6 is 22.9 Å². The van der Waals surface area contributed by atoms with Crippen LogP contribution in [0.3, 0.4) is 0 Å². The Hall–Kier alpha value is -2.63. The molecule has 2 aromatic carbocycles. The van der Waals surface area contributed by atoms with E-state index in [0.29, 0.717) is 22.6 Å². The highest BCUT2D eigenvalue weighted by Gasteiger charge is 2.25. The summed E-state index contributed by atoms with van der Waals surface area (Å²) in [7, 11) is 0. The topological polar surface area (TPSA) is 44.0 Å². The Labute approximate surface area is 170 Å². The highest BCUT2D eigenvalue weighted by Crippen LogP contribution is 2.35. The molecule has 2 aromatic heterocycles. The zero-order valence-electron chi connectivity index (χ0n) is 15.0. The van der Waals surface area contributed by atoms with Crippen molar-refractivity contribution >= 4 is 33.2 Å². The molecule has 140 valence electrons. The van der Waals surface area contributed by atoms with E-state index in [4.69, 9.17) is 11.6 Å². The fourth-order valence-corrected chi connectivity index (χ4v) is 5.42. The molecule has 0 atom stereocenters. The largest absolute Gasteiger partial charge is 0.337 e. The second-order valence-corrected chi connectivity index (χ2v) is 8.53. The second-order valence-electron chi connectivity index (χ2n) is 7.01. The van der Waals surface area contributed by atoms with Gasteiger partial charge in [-0.2, -0.15) is 0 Å². The number of hydrogen-bond acceptors (Lipinski definition) is 3. The van der Waals surface area contributed by atoms with Crippen molar-refractivity contribution in [3.05, 3.63) is 96.5 Å². The van der Waals surface area contributed by atoms with Gasteiger partial charge in [0.25, 0.3) is 5.56 Å².